The van der Waals surface area contributed by atoms with Crippen LogP contribution < -0.4 is 10.2 Å². The number of halogens is 1. The first-order chi connectivity index (χ1) is 11.2. The van der Waals surface area contributed by atoms with Gasteiger partial charge in [-0.25, -0.2) is 4.98 Å². The van der Waals surface area contributed by atoms with Crippen LogP contribution in [0, 0.1) is 0 Å². The highest BCUT2D eigenvalue weighted by Crippen LogP contribution is 2.31. The van der Waals surface area contributed by atoms with Crippen molar-refractivity contribution < 1.29 is 14.4 Å². The van der Waals surface area contributed by atoms with E-state index >= 15 is 0 Å². The van der Waals surface area contributed by atoms with Gasteiger partial charge in [0.2, 0.25) is 5.91 Å². The van der Waals surface area contributed by atoms with Crippen molar-refractivity contribution in [1.82, 2.24) is 10.3 Å². The number of carbonyl (C=O) groups excluding carboxylic acids is 1. The molecule has 3 rings (SSSR count). The van der Waals surface area contributed by atoms with Crippen LogP contribution in [0.4, 0.5) is 0 Å². The van der Waals surface area contributed by atoms with Crippen molar-refractivity contribution in [2.45, 2.75) is 6.42 Å². The van der Waals surface area contributed by atoms with Crippen LogP contribution >= 0.6 is 38.6 Å². The summed E-state index contributed by atoms with van der Waals surface area (Å²) in [5, 5.41) is 5.87. The van der Waals surface area contributed by atoms with Gasteiger partial charge in [0, 0.05) is 5.38 Å². The second-order valence-electron chi connectivity index (χ2n) is 5.37. The Kier molecular flexibility index (Phi) is 6.18. The van der Waals surface area contributed by atoms with Crippen LogP contribution in [0.25, 0.3) is 10.6 Å². The number of amides is 1. The second kappa shape index (κ2) is 8.34. The maximum Gasteiger partial charge on any atom is 0.227 e. The number of rotatable bonds is 6. The van der Waals surface area contributed by atoms with Gasteiger partial charge in [0.05, 0.1) is 47.1 Å². The van der Waals surface area contributed by atoms with Crippen molar-refractivity contribution in [2.24, 2.45) is 0 Å². The lowest BCUT2D eigenvalue weighted by Gasteiger charge is -2.23. The predicted molar refractivity (Wildman–Crippen MR) is 96.2 cm³/mol. The number of thiazole rings is 1. The Morgan fingerprint density at radius 3 is 2.96 bits per heavy atom. The molecule has 1 amide bonds. The first kappa shape index (κ1) is 17.0. The van der Waals surface area contributed by atoms with Crippen LogP contribution in [-0.4, -0.2) is 50.3 Å². The number of ether oxygens (including phenoxy) is 1. The number of hydrogen-bond acceptors (Lipinski definition) is 5. The number of morpholine rings is 1. The molecule has 0 bridgehead atoms. The predicted octanol–water partition coefficient (Wildman–Crippen LogP) is 1.21. The zero-order chi connectivity index (χ0) is 16.1. The van der Waals surface area contributed by atoms with E-state index in [0.29, 0.717) is 13.0 Å². The SMILES string of the molecule is O=C(Cc1nc(-c2ccc(Br)s2)cs1)NCC[NH+]1CCOCC1. The highest BCUT2D eigenvalue weighted by atomic mass is 79.9. The van der Waals surface area contributed by atoms with Crippen LogP contribution in [-0.2, 0) is 16.0 Å². The maximum atomic E-state index is 12.0. The van der Waals surface area contributed by atoms with Crippen LogP contribution in [0.1, 0.15) is 5.01 Å². The molecule has 0 aromatic carbocycles. The average Bonchev–Trinajstić information content (AvgIpc) is 3.17. The minimum Gasteiger partial charge on any atom is -0.370 e. The van der Waals surface area contributed by atoms with Gasteiger partial charge in [-0.2, -0.15) is 0 Å². The molecule has 8 heteroatoms. The molecule has 0 saturated carbocycles. The van der Waals surface area contributed by atoms with E-state index in [1.807, 2.05) is 17.5 Å². The number of hydrogen-bond donors (Lipinski definition) is 2. The fraction of sp³-hybridized carbons (Fsp3) is 0.467. The fourth-order valence-corrected chi connectivity index (χ4v) is 4.66. The Morgan fingerprint density at radius 2 is 2.22 bits per heavy atom. The summed E-state index contributed by atoms with van der Waals surface area (Å²) < 4.78 is 6.42. The smallest absolute Gasteiger partial charge is 0.227 e. The highest BCUT2D eigenvalue weighted by Gasteiger charge is 2.14. The molecule has 2 aromatic heterocycles. The largest absolute Gasteiger partial charge is 0.370 e. The van der Waals surface area contributed by atoms with Crippen LogP contribution in [0.15, 0.2) is 21.3 Å². The quantitative estimate of drug-likeness (QED) is 0.743. The summed E-state index contributed by atoms with van der Waals surface area (Å²) in [5.74, 6) is 0.0471. The first-order valence-corrected chi connectivity index (χ1v) is 10.1. The van der Waals surface area contributed by atoms with Crippen molar-refractivity contribution in [1.29, 1.82) is 0 Å². The molecular formula is C15H19BrN3O2S2+. The Hall–Kier alpha value is -0.800. The van der Waals surface area contributed by atoms with Gasteiger partial charge in [-0.3, -0.25) is 4.79 Å². The van der Waals surface area contributed by atoms with Gasteiger partial charge in [0.25, 0.3) is 0 Å². The van der Waals surface area contributed by atoms with E-state index in [2.05, 4.69) is 26.2 Å². The molecule has 0 spiro atoms. The molecule has 5 nitrogen and oxygen atoms in total. The van der Waals surface area contributed by atoms with Crippen LogP contribution in [0.5, 0.6) is 0 Å². The Bertz CT molecular complexity index is 653. The molecule has 1 aliphatic heterocycles. The molecule has 124 valence electrons. The Balaban J connectivity index is 1.43. The normalized spacial score (nSPS) is 15.7. The zero-order valence-electron chi connectivity index (χ0n) is 12.6. The topological polar surface area (TPSA) is 55.7 Å². The number of nitrogens with zero attached hydrogens (tertiary/aromatic N) is 1. The van der Waals surface area contributed by atoms with Gasteiger partial charge in [-0.05, 0) is 28.1 Å². The minimum absolute atomic E-state index is 0.0471. The number of nitrogens with one attached hydrogen (secondary N) is 2. The Morgan fingerprint density at radius 1 is 1.39 bits per heavy atom. The molecule has 0 unspecified atom stereocenters. The van der Waals surface area contributed by atoms with Gasteiger partial charge in [-0.1, -0.05) is 0 Å². The van der Waals surface area contributed by atoms with E-state index < -0.39 is 0 Å². The average molecular weight is 417 g/mol. The molecule has 1 aliphatic rings. The second-order valence-corrected chi connectivity index (χ2v) is 8.78. The molecule has 1 fully saturated rings. The molecule has 2 N–H and O–H groups in total. The fourth-order valence-electron chi connectivity index (χ4n) is 2.45. The van der Waals surface area contributed by atoms with E-state index in [0.717, 1.165) is 52.2 Å². The molecule has 0 aliphatic carbocycles. The summed E-state index contributed by atoms with van der Waals surface area (Å²) in [7, 11) is 0. The number of aromatic nitrogens is 1. The van der Waals surface area contributed by atoms with E-state index in [1.165, 1.54) is 4.90 Å². The Labute approximate surface area is 151 Å². The van der Waals surface area contributed by atoms with E-state index in [4.69, 9.17) is 4.74 Å². The summed E-state index contributed by atoms with van der Waals surface area (Å²) in [6, 6.07) is 4.05. The molecule has 1 saturated heterocycles. The van der Waals surface area contributed by atoms with Gasteiger partial charge < -0.3 is 15.0 Å². The third kappa shape index (κ3) is 5.09. The third-order valence-electron chi connectivity index (χ3n) is 3.69. The lowest BCUT2D eigenvalue weighted by atomic mass is 10.3. The number of carbonyl (C=O) groups is 1. The van der Waals surface area contributed by atoms with E-state index in [9.17, 15) is 4.79 Å². The van der Waals surface area contributed by atoms with Gasteiger partial charge in [-0.15, -0.1) is 22.7 Å². The summed E-state index contributed by atoms with van der Waals surface area (Å²) in [6.45, 7) is 5.38. The number of quaternary nitrogens is 1. The molecule has 0 atom stereocenters. The third-order valence-corrected chi connectivity index (χ3v) is 6.18. The van der Waals surface area contributed by atoms with Crippen molar-refractivity contribution >= 4 is 44.5 Å². The first-order valence-electron chi connectivity index (χ1n) is 7.59. The van der Waals surface area contributed by atoms with Crippen molar-refractivity contribution in [3.63, 3.8) is 0 Å². The molecule has 0 radical (unpaired) electrons. The number of thiophene rings is 1. The molecule has 3 heterocycles. The standard InChI is InChI=1S/C15H18BrN3O2S2/c16-13-2-1-12(23-13)11-10-22-15(18-11)9-14(20)17-3-4-19-5-7-21-8-6-19/h1-2,10H,3-9H2,(H,17,20)/p+1. The summed E-state index contributed by atoms with van der Waals surface area (Å²) in [6.07, 6.45) is 0.357. The lowest BCUT2D eigenvalue weighted by molar-refractivity contribution is -0.906. The van der Waals surface area contributed by atoms with E-state index in [1.54, 1.807) is 22.7 Å². The van der Waals surface area contributed by atoms with Crippen molar-refractivity contribution in [3.8, 4) is 10.6 Å². The summed E-state index contributed by atoms with van der Waals surface area (Å²) in [5.41, 5.74) is 0.950. The monoisotopic (exact) mass is 416 g/mol. The van der Waals surface area contributed by atoms with Gasteiger partial charge in [0.1, 0.15) is 18.1 Å². The van der Waals surface area contributed by atoms with Crippen molar-refractivity contribution in [2.75, 3.05) is 39.4 Å². The lowest BCUT2D eigenvalue weighted by Crippen LogP contribution is -3.14. The highest BCUT2D eigenvalue weighted by molar-refractivity contribution is 9.11. The van der Waals surface area contributed by atoms with Crippen LogP contribution in [0.2, 0.25) is 0 Å². The van der Waals surface area contributed by atoms with Gasteiger partial charge in [0.15, 0.2) is 0 Å². The molecular weight excluding hydrogens is 398 g/mol. The maximum absolute atomic E-state index is 12.0. The molecule has 2 aromatic rings. The van der Waals surface area contributed by atoms with Gasteiger partial charge >= 0.3 is 0 Å². The molecule has 23 heavy (non-hydrogen) atoms. The summed E-state index contributed by atoms with van der Waals surface area (Å²) in [4.78, 5) is 19.2. The minimum atomic E-state index is 0.0471. The van der Waals surface area contributed by atoms with Crippen molar-refractivity contribution in [3.05, 3.63) is 26.3 Å². The summed E-state index contributed by atoms with van der Waals surface area (Å²) >= 11 is 6.65. The van der Waals surface area contributed by atoms with Crippen LogP contribution in [0.3, 0.4) is 0 Å². The van der Waals surface area contributed by atoms with E-state index in [-0.39, 0.29) is 5.91 Å². The zero-order valence-corrected chi connectivity index (χ0v) is 15.9.